The van der Waals surface area contributed by atoms with Gasteiger partial charge in [0.1, 0.15) is 0 Å². The molecule has 0 aromatic rings. The van der Waals surface area contributed by atoms with Crippen LogP contribution < -0.4 is 0 Å². The van der Waals surface area contributed by atoms with Crippen LogP contribution in [0.15, 0.2) is 0 Å². The fourth-order valence-corrected chi connectivity index (χ4v) is 2.07. The molecule has 0 aromatic carbocycles. The van der Waals surface area contributed by atoms with Gasteiger partial charge in [-0.1, -0.05) is 0 Å². The Labute approximate surface area is 90.9 Å². The third-order valence-electron chi connectivity index (χ3n) is 2.75. The van der Waals surface area contributed by atoms with Crippen molar-refractivity contribution in [1.29, 1.82) is 5.26 Å². The molecule has 0 bridgehead atoms. The summed E-state index contributed by atoms with van der Waals surface area (Å²) in [5.74, 6) is 0. The molecule has 82 valence electrons. The molecule has 0 aliphatic carbocycles. The van der Waals surface area contributed by atoms with Crippen LogP contribution in [0.2, 0.25) is 0 Å². The maximum atomic E-state index is 9.08. The Bertz CT molecular complexity index is 208. The molecule has 0 spiro atoms. The average Bonchev–Trinajstić information content (AvgIpc) is 2.02. The second-order valence-corrected chi connectivity index (χ2v) is 5.90. The van der Waals surface area contributed by atoms with Crippen molar-refractivity contribution >= 4 is 9.24 Å². The molecule has 0 fully saturated rings. The number of hydrogen-bond acceptors (Lipinski definition) is 2. The lowest BCUT2D eigenvalue weighted by Crippen LogP contribution is -2.51. The minimum absolute atomic E-state index is 0.248. The van der Waals surface area contributed by atoms with Gasteiger partial charge < -0.3 is 0 Å². The van der Waals surface area contributed by atoms with Gasteiger partial charge in [-0.2, -0.15) is 5.26 Å². The summed E-state index contributed by atoms with van der Waals surface area (Å²) in [4.78, 5) is 2.37. The maximum Gasteiger partial charge on any atom is 0.0835 e. The molecule has 0 saturated heterocycles. The van der Waals surface area contributed by atoms with Crippen LogP contribution in [0.4, 0.5) is 0 Å². The van der Waals surface area contributed by atoms with Gasteiger partial charge >= 0.3 is 0 Å². The summed E-state index contributed by atoms with van der Waals surface area (Å²) in [6.07, 6.45) is 0. The summed E-state index contributed by atoms with van der Waals surface area (Å²) in [5.41, 5.74) is 0. The molecule has 0 rings (SSSR count). The lowest BCUT2D eigenvalue weighted by atomic mass is 9.99. The predicted octanol–water partition coefficient (Wildman–Crippen LogP) is 2.65. The van der Waals surface area contributed by atoms with E-state index >= 15 is 0 Å². The van der Waals surface area contributed by atoms with Gasteiger partial charge in [0.25, 0.3) is 0 Å². The van der Waals surface area contributed by atoms with Crippen LogP contribution in [0.5, 0.6) is 0 Å². The number of hydrogen-bond donors (Lipinski definition) is 0. The molecule has 0 heterocycles. The van der Waals surface area contributed by atoms with E-state index in [9.17, 15) is 0 Å². The summed E-state index contributed by atoms with van der Waals surface area (Å²) in [6.45, 7) is 12.8. The quantitative estimate of drug-likeness (QED) is 0.673. The zero-order valence-corrected chi connectivity index (χ0v) is 11.4. The van der Waals surface area contributed by atoms with E-state index in [4.69, 9.17) is 5.26 Å². The zero-order chi connectivity index (χ0) is 11.5. The van der Waals surface area contributed by atoms with Crippen molar-refractivity contribution < 1.29 is 0 Å². The smallest absolute Gasteiger partial charge is 0.0835 e. The molecule has 3 atom stereocenters. The largest absolute Gasteiger partial charge is 0.294 e. The van der Waals surface area contributed by atoms with Crippen molar-refractivity contribution in [1.82, 2.24) is 4.90 Å². The number of nitriles is 1. The molecule has 3 unspecified atom stereocenters. The number of nitrogens with zero attached hydrogens (tertiary/aromatic N) is 2. The van der Waals surface area contributed by atoms with Crippen molar-refractivity contribution in [2.24, 2.45) is 0 Å². The van der Waals surface area contributed by atoms with Crippen LogP contribution in [0.1, 0.15) is 41.5 Å². The molecule has 3 heteroatoms. The summed E-state index contributed by atoms with van der Waals surface area (Å²) in [6, 6.07) is 3.54. The fourth-order valence-electron chi connectivity index (χ4n) is 1.89. The van der Waals surface area contributed by atoms with Gasteiger partial charge in [-0.3, -0.25) is 4.90 Å². The zero-order valence-electron chi connectivity index (χ0n) is 10.2. The molecule has 0 N–H and O–H groups in total. The second-order valence-electron chi connectivity index (χ2n) is 4.71. The van der Waals surface area contributed by atoms with E-state index < -0.39 is 0 Å². The van der Waals surface area contributed by atoms with Crippen LogP contribution in [-0.4, -0.2) is 28.2 Å². The molecule has 0 aliphatic rings. The average molecular weight is 214 g/mol. The highest BCUT2D eigenvalue weighted by molar-refractivity contribution is 7.19. The summed E-state index contributed by atoms with van der Waals surface area (Å²) in [7, 11) is 2.66. The van der Waals surface area contributed by atoms with Crippen LogP contribution in [-0.2, 0) is 0 Å². The summed E-state index contributed by atoms with van der Waals surface area (Å²) >= 11 is 0. The van der Waals surface area contributed by atoms with Crippen LogP contribution in [0.25, 0.3) is 0 Å². The van der Waals surface area contributed by atoms with Crippen molar-refractivity contribution in [3.05, 3.63) is 0 Å². The van der Waals surface area contributed by atoms with E-state index in [0.29, 0.717) is 12.1 Å². The third-order valence-corrected chi connectivity index (χ3v) is 3.36. The van der Waals surface area contributed by atoms with Crippen molar-refractivity contribution in [3.63, 3.8) is 0 Å². The Balaban J connectivity index is 4.79. The van der Waals surface area contributed by atoms with E-state index in [1.165, 1.54) is 0 Å². The molecule has 2 nitrogen and oxygen atoms in total. The Hall–Kier alpha value is -0.120. The van der Waals surface area contributed by atoms with Gasteiger partial charge in [0.2, 0.25) is 0 Å². The molecule has 0 saturated carbocycles. The first kappa shape index (κ1) is 13.9. The van der Waals surface area contributed by atoms with E-state index in [1.54, 1.807) is 0 Å². The summed E-state index contributed by atoms with van der Waals surface area (Å²) < 4.78 is 0. The Morgan fingerprint density at radius 1 is 1.14 bits per heavy atom. The van der Waals surface area contributed by atoms with Crippen molar-refractivity contribution in [2.45, 2.75) is 64.8 Å². The standard InChI is InChI=1S/C11H23N2P/c1-8(2)13(9(3)4)10(5)11(6,14)7-12/h8-10H,14H2,1-6H3. The molecule has 0 aromatic heterocycles. The van der Waals surface area contributed by atoms with E-state index in [2.05, 4.69) is 54.8 Å². The van der Waals surface area contributed by atoms with Gasteiger partial charge in [-0.05, 0) is 41.5 Å². The van der Waals surface area contributed by atoms with Crippen LogP contribution in [0, 0.1) is 11.3 Å². The van der Waals surface area contributed by atoms with Crippen LogP contribution in [0.3, 0.4) is 0 Å². The van der Waals surface area contributed by atoms with E-state index in [0.717, 1.165) is 0 Å². The second kappa shape index (κ2) is 5.10. The fraction of sp³-hybridized carbons (Fsp3) is 0.909. The molecule has 0 amide bonds. The third kappa shape index (κ3) is 3.23. The monoisotopic (exact) mass is 214 g/mol. The Kier molecular flexibility index (Phi) is 5.06. The van der Waals surface area contributed by atoms with Gasteiger partial charge in [-0.15, -0.1) is 9.24 Å². The minimum atomic E-state index is -0.367. The highest BCUT2D eigenvalue weighted by Gasteiger charge is 2.33. The lowest BCUT2D eigenvalue weighted by molar-refractivity contribution is 0.111. The van der Waals surface area contributed by atoms with Crippen molar-refractivity contribution in [2.75, 3.05) is 0 Å². The van der Waals surface area contributed by atoms with E-state index in [-0.39, 0.29) is 11.2 Å². The maximum absolute atomic E-state index is 9.08. The first-order valence-corrected chi connectivity index (χ1v) is 5.79. The topological polar surface area (TPSA) is 27.0 Å². The van der Waals surface area contributed by atoms with Gasteiger partial charge in [0.05, 0.1) is 11.2 Å². The predicted molar refractivity (Wildman–Crippen MR) is 65.3 cm³/mol. The van der Waals surface area contributed by atoms with Gasteiger partial charge in [0, 0.05) is 18.1 Å². The molecular weight excluding hydrogens is 191 g/mol. The van der Waals surface area contributed by atoms with Gasteiger partial charge in [-0.25, -0.2) is 0 Å². The Morgan fingerprint density at radius 2 is 1.50 bits per heavy atom. The number of rotatable bonds is 4. The van der Waals surface area contributed by atoms with E-state index in [1.807, 2.05) is 6.92 Å². The molecule has 14 heavy (non-hydrogen) atoms. The molecule has 0 radical (unpaired) electrons. The first-order chi connectivity index (χ1) is 6.24. The minimum Gasteiger partial charge on any atom is -0.294 e. The normalized spacial score (nSPS) is 18.4. The highest BCUT2D eigenvalue weighted by atomic mass is 31.0. The highest BCUT2D eigenvalue weighted by Crippen LogP contribution is 2.28. The first-order valence-electron chi connectivity index (χ1n) is 5.21. The molecule has 0 aliphatic heterocycles. The van der Waals surface area contributed by atoms with Crippen molar-refractivity contribution in [3.8, 4) is 6.07 Å². The molecular formula is C11H23N2P. The Morgan fingerprint density at radius 3 is 1.71 bits per heavy atom. The summed E-state index contributed by atoms with van der Waals surface area (Å²) in [5, 5.41) is 8.71. The SMILES string of the molecule is CC(C)N(C(C)C)C(C)C(C)(P)C#N. The lowest BCUT2D eigenvalue weighted by Gasteiger charge is -2.41. The van der Waals surface area contributed by atoms with Crippen LogP contribution >= 0.6 is 9.24 Å². The van der Waals surface area contributed by atoms with Gasteiger partial charge in [0.15, 0.2) is 0 Å².